The maximum atomic E-state index is 4.08. The van der Waals surface area contributed by atoms with Gasteiger partial charge in [0.2, 0.25) is 0 Å². The van der Waals surface area contributed by atoms with E-state index in [4.69, 9.17) is 0 Å². The zero-order valence-corrected chi connectivity index (χ0v) is 10.8. The molecule has 0 fully saturated rings. The summed E-state index contributed by atoms with van der Waals surface area (Å²) in [5, 5.41) is 3.28. The number of rotatable bonds is 6. The van der Waals surface area contributed by atoms with Crippen molar-refractivity contribution in [2.75, 3.05) is 27.7 Å². The molecule has 1 N–H and O–H groups in total. The molecule has 0 radical (unpaired) electrons. The lowest BCUT2D eigenvalue weighted by Crippen LogP contribution is -2.32. The van der Waals surface area contributed by atoms with Gasteiger partial charge in [0.05, 0.1) is 0 Å². The van der Waals surface area contributed by atoms with Crippen molar-refractivity contribution in [1.82, 2.24) is 15.2 Å². The summed E-state index contributed by atoms with van der Waals surface area (Å²) in [7, 11) is 6.30. The number of pyridine rings is 1. The van der Waals surface area contributed by atoms with E-state index in [0.717, 1.165) is 6.54 Å². The lowest BCUT2D eigenvalue weighted by Gasteiger charge is -2.32. The number of hydrogen-bond donors (Lipinski definition) is 1. The van der Waals surface area contributed by atoms with Crippen LogP contribution in [0.5, 0.6) is 0 Å². The fourth-order valence-electron chi connectivity index (χ4n) is 2.29. The summed E-state index contributed by atoms with van der Waals surface area (Å²) in [5.74, 6) is 0.627. The van der Waals surface area contributed by atoms with E-state index < -0.39 is 0 Å². The summed E-state index contributed by atoms with van der Waals surface area (Å²) in [6.45, 7) is 3.29. The van der Waals surface area contributed by atoms with Gasteiger partial charge in [-0.15, -0.1) is 0 Å². The van der Waals surface area contributed by atoms with Gasteiger partial charge in [-0.05, 0) is 51.3 Å². The molecule has 1 aromatic heterocycles. The van der Waals surface area contributed by atoms with E-state index in [1.165, 1.54) is 12.0 Å². The second-order valence-corrected chi connectivity index (χ2v) is 4.42. The standard InChI is InChI=1S/C13H23N3/c1-5-11(10-14-2)13(16(3)4)12-6-8-15-9-7-12/h6-9,11,13-14H,5,10H2,1-4H3. The third-order valence-electron chi connectivity index (χ3n) is 3.04. The minimum absolute atomic E-state index is 0.459. The molecular formula is C13H23N3. The van der Waals surface area contributed by atoms with Gasteiger partial charge in [-0.3, -0.25) is 4.98 Å². The van der Waals surface area contributed by atoms with Gasteiger partial charge in [0, 0.05) is 18.4 Å². The van der Waals surface area contributed by atoms with Gasteiger partial charge in [0.25, 0.3) is 0 Å². The first kappa shape index (κ1) is 13.1. The Morgan fingerprint density at radius 3 is 2.38 bits per heavy atom. The molecule has 2 atom stereocenters. The second-order valence-electron chi connectivity index (χ2n) is 4.42. The molecule has 0 saturated carbocycles. The van der Waals surface area contributed by atoms with Gasteiger partial charge in [-0.2, -0.15) is 0 Å². The third kappa shape index (κ3) is 3.29. The Hall–Kier alpha value is -0.930. The highest BCUT2D eigenvalue weighted by molar-refractivity contribution is 5.16. The Morgan fingerprint density at radius 2 is 1.94 bits per heavy atom. The molecule has 2 unspecified atom stereocenters. The number of nitrogens with one attached hydrogen (secondary N) is 1. The molecule has 0 amide bonds. The molecule has 1 rings (SSSR count). The van der Waals surface area contributed by atoms with Crippen molar-refractivity contribution in [3.63, 3.8) is 0 Å². The first-order valence-corrected chi connectivity index (χ1v) is 5.91. The number of nitrogens with zero attached hydrogens (tertiary/aromatic N) is 2. The van der Waals surface area contributed by atoms with Gasteiger partial charge in [-0.1, -0.05) is 13.3 Å². The largest absolute Gasteiger partial charge is 0.319 e. The van der Waals surface area contributed by atoms with Gasteiger partial charge in [0.1, 0.15) is 0 Å². The topological polar surface area (TPSA) is 28.2 Å². The summed E-state index contributed by atoms with van der Waals surface area (Å²) < 4.78 is 0. The molecule has 16 heavy (non-hydrogen) atoms. The molecule has 0 aliphatic heterocycles. The summed E-state index contributed by atoms with van der Waals surface area (Å²) in [5.41, 5.74) is 1.35. The van der Waals surface area contributed by atoms with Gasteiger partial charge >= 0.3 is 0 Å². The zero-order chi connectivity index (χ0) is 12.0. The van der Waals surface area contributed by atoms with Crippen molar-refractivity contribution in [3.05, 3.63) is 30.1 Å². The van der Waals surface area contributed by atoms with Crippen LogP contribution in [0.4, 0.5) is 0 Å². The van der Waals surface area contributed by atoms with Crippen molar-refractivity contribution in [1.29, 1.82) is 0 Å². The normalized spacial score (nSPS) is 15.1. The van der Waals surface area contributed by atoms with E-state index >= 15 is 0 Å². The van der Waals surface area contributed by atoms with Crippen molar-refractivity contribution in [2.45, 2.75) is 19.4 Å². The van der Waals surface area contributed by atoms with Gasteiger partial charge in [-0.25, -0.2) is 0 Å². The highest BCUT2D eigenvalue weighted by Crippen LogP contribution is 2.28. The smallest absolute Gasteiger partial charge is 0.0383 e. The van der Waals surface area contributed by atoms with Crippen LogP contribution in [0.1, 0.15) is 24.9 Å². The van der Waals surface area contributed by atoms with Crippen LogP contribution in [-0.4, -0.2) is 37.6 Å². The first-order chi connectivity index (χ1) is 7.70. The molecule has 0 saturated heterocycles. The highest BCUT2D eigenvalue weighted by Gasteiger charge is 2.22. The Morgan fingerprint density at radius 1 is 1.31 bits per heavy atom. The maximum absolute atomic E-state index is 4.08. The molecule has 1 aromatic rings. The quantitative estimate of drug-likeness (QED) is 0.795. The van der Waals surface area contributed by atoms with Crippen LogP contribution in [0.2, 0.25) is 0 Å². The Labute approximate surface area is 98.9 Å². The minimum Gasteiger partial charge on any atom is -0.319 e. The van der Waals surface area contributed by atoms with Crippen molar-refractivity contribution in [3.8, 4) is 0 Å². The van der Waals surface area contributed by atoms with Crippen LogP contribution in [0.15, 0.2) is 24.5 Å². The average Bonchev–Trinajstić information content (AvgIpc) is 2.29. The molecule has 0 spiro atoms. The third-order valence-corrected chi connectivity index (χ3v) is 3.04. The van der Waals surface area contributed by atoms with Crippen LogP contribution in [0.25, 0.3) is 0 Å². The Kier molecular flexibility index (Phi) is 5.43. The van der Waals surface area contributed by atoms with Gasteiger partial charge in [0.15, 0.2) is 0 Å². The highest BCUT2D eigenvalue weighted by atomic mass is 15.1. The summed E-state index contributed by atoms with van der Waals surface area (Å²) in [4.78, 5) is 6.38. The molecule has 0 aliphatic carbocycles. The predicted molar refractivity (Wildman–Crippen MR) is 68.4 cm³/mol. The molecule has 0 aromatic carbocycles. The Bertz CT molecular complexity index is 284. The van der Waals surface area contributed by atoms with Crippen molar-refractivity contribution in [2.24, 2.45) is 5.92 Å². The van der Waals surface area contributed by atoms with Crippen molar-refractivity contribution < 1.29 is 0 Å². The van der Waals surface area contributed by atoms with E-state index in [0.29, 0.717) is 12.0 Å². The second kappa shape index (κ2) is 6.61. The van der Waals surface area contributed by atoms with E-state index in [-0.39, 0.29) is 0 Å². The van der Waals surface area contributed by atoms with Crippen LogP contribution >= 0.6 is 0 Å². The van der Waals surface area contributed by atoms with E-state index in [1.54, 1.807) is 0 Å². The Balaban J connectivity index is 2.90. The molecule has 90 valence electrons. The molecule has 3 heteroatoms. The molecule has 1 heterocycles. The van der Waals surface area contributed by atoms with Crippen LogP contribution < -0.4 is 5.32 Å². The van der Waals surface area contributed by atoms with Gasteiger partial charge < -0.3 is 10.2 Å². The SMILES string of the molecule is CCC(CNC)C(c1ccncc1)N(C)C. The average molecular weight is 221 g/mol. The molecule has 0 bridgehead atoms. The summed E-state index contributed by atoms with van der Waals surface area (Å²) >= 11 is 0. The maximum Gasteiger partial charge on any atom is 0.0383 e. The lowest BCUT2D eigenvalue weighted by atomic mass is 9.90. The van der Waals surface area contributed by atoms with Crippen LogP contribution in [-0.2, 0) is 0 Å². The molecular weight excluding hydrogens is 198 g/mol. The van der Waals surface area contributed by atoms with Crippen LogP contribution in [0.3, 0.4) is 0 Å². The zero-order valence-electron chi connectivity index (χ0n) is 10.8. The van der Waals surface area contributed by atoms with E-state index in [1.807, 2.05) is 19.4 Å². The molecule has 0 aliphatic rings. The summed E-state index contributed by atoms with van der Waals surface area (Å²) in [6.07, 6.45) is 4.92. The minimum atomic E-state index is 0.459. The van der Waals surface area contributed by atoms with E-state index in [2.05, 4.69) is 48.4 Å². The number of hydrogen-bond acceptors (Lipinski definition) is 3. The predicted octanol–water partition coefficient (Wildman–Crippen LogP) is 1.93. The summed E-state index contributed by atoms with van der Waals surface area (Å²) in [6, 6.07) is 4.69. The fraction of sp³-hybridized carbons (Fsp3) is 0.615. The van der Waals surface area contributed by atoms with E-state index in [9.17, 15) is 0 Å². The fourth-order valence-corrected chi connectivity index (χ4v) is 2.29. The molecule has 3 nitrogen and oxygen atoms in total. The van der Waals surface area contributed by atoms with Crippen molar-refractivity contribution >= 4 is 0 Å². The monoisotopic (exact) mass is 221 g/mol. The van der Waals surface area contributed by atoms with Crippen LogP contribution in [0, 0.1) is 5.92 Å². The number of aromatic nitrogens is 1. The lowest BCUT2D eigenvalue weighted by molar-refractivity contribution is 0.204. The first-order valence-electron chi connectivity index (χ1n) is 5.91.